The molecule has 0 unspecified atom stereocenters. The van der Waals surface area contributed by atoms with Crippen LogP contribution < -0.4 is 0 Å². The molecule has 11 heteroatoms. The second-order valence-electron chi connectivity index (χ2n) is 7.74. The molecule has 0 aromatic rings. The van der Waals surface area contributed by atoms with Crippen molar-refractivity contribution in [1.82, 2.24) is 0 Å². The van der Waals surface area contributed by atoms with E-state index in [0.717, 1.165) is 0 Å². The Morgan fingerprint density at radius 2 is 1.81 bits per heavy atom. The number of hydrogen-bond acceptors (Lipinski definition) is 11. The highest BCUT2D eigenvalue weighted by atomic mass is 16.8. The molecule has 12 atom stereocenters. The van der Waals surface area contributed by atoms with Crippen molar-refractivity contribution in [3.63, 3.8) is 0 Å². The molecule has 0 radical (unpaired) electrons. The lowest BCUT2D eigenvalue weighted by molar-refractivity contribution is -0.359. The van der Waals surface area contributed by atoms with Gasteiger partial charge in [0.1, 0.15) is 42.0 Å². The number of carbonyl (C=O) groups excluding carboxylic acids is 1. The highest BCUT2D eigenvalue weighted by molar-refractivity contribution is 5.77. The summed E-state index contributed by atoms with van der Waals surface area (Å²) in [5, 5.41) is 60.3. The number of aliphatic hydroxyl groups is 6. The van der Waals surface area contributed by atoms with Crippen LogP contribution >= 0.6 is 0 Å². The van der Waals surface area contributed by atoms with E-state index in [0.29, 0.717) is 0 Å². The largest absolute Gasteiger partial charge is 0.459 e. The normalized spacial score (nSPS) is 57.4. The van der Waals surface area contributed by atoms with E-state index in [9.17, 15) is 35.4 Å². The fraction of sp³-hybridized carbons (Fsp3) is 0.938. The van der Waals surface area contributed by atoms with E-state index in [2.05, 4.69) is 0 Å². The molecule has 0 amide bonds. The second-order valence-corrected chi connectivity index (χ2v) is 7.74. The van der Waals surface area contributed by atoms with Crippen LogP contribution in [0.2, 0.25) is 0 Å². The third kappa shape index (κ3) is 2.65. The van der Waals surface area contributed by atoms with Crippen molar-refractivity contribution < 1.29 is 54.4 Å². The van der Waals surface area contributed by atoms with Crippen LogP contribution in [0.3, 0.4) is 0 Å². The van der Waals surface area contributed by atoms with E-state index in [-0.39, 0.29) is 6.61 Å². The maximum atomic E-state index is 12.3. The Hall–Kier alpha value is -0.890. The van der Waals surface area contributed by atoms with Crippen LogP contribution in [-0.2, 0) is 23.7 Å². The van der Waals surface area contributed by atoms with Gasteiger partial charge in [-0.1, -0.05) is 6.92 Å². The molecular formula is C16H24O11. The molecule has 3 saturated heterocycles. The fourth-order valence-corrected chi connectivity index (χ4v) is 4.66. The van der Waals surface area contributed by atoms with Crippen molar-refractivity contribution in [2.24, 2.45) is 17.8 Å². The lowest BCUT2D eigenvalue weighted by Crippen LogP contribution is -2.62. The average Bonchev–Trinajstić information content (AvgIpc) is 3.09. The van der Waals surface area contributed by atoms with Crippen LogP contribution in [0.15, 0.2) is 0 Å². The van der Waals surface area contributed by atoms with Crippen LogP contribution in [0.1, 0.15) is 6.92 Å². The molecule has 4 aliphatic rings. The molecule has 0 bridgehead atoms. The monoisotopic (exact) mass is 392 g/mol. The third-order valence-electron chi connectivity index (χ3n) is 6.37. The molecule has 1 saturated carbocycles. The van der Waals surface area contributed by atoms with Gasteiger partial charge in [-0.2, -0.15) is 0 Å². The molecule has 0 aromatic heterocycles. The quantitative estimate of drug-likeness (QED) is 0.259. The fourth-order valence-electron chi connectivity index (χ4n) is 4.66. The van der Waals surface area contributed by atoms with Crippen LogP contribution in [0.4, 0.5) is 0 Å². The molecule has 0 spiro atoms. The van der Waals surface area contributed by atoms with Gasteiger partial charge in [0.2, 0.25) is 0 Å². The summed E-state index contributed by atoms with van der Waals surface area (Å²) < 4.78 is 21.6. The summed E-state index contributed by atoms with van der Waals surface area (Å²) in [5.74, 6) is -3.14. The molecule has 1 aliphatic carbocycles. The lowest BCUT2D eigenvalue weighted by Gasteiger charge is -2.45. The van der Waals surface area contributed by atoms with Gasteiger partial charge in [-0.15, -0.1) is 0 Å². The standard InChI is InChI=1S/C16H24O11/c1-4-8(18)12-7-6(13(22)26-12)14(24-3-16(4,7)23)27-15-11(21)10(20)9(19)5(2-17)25-15/h4-12,14-15,17-21,23H,2-3H2,1H3/t4-,5+,6+,7-,8+,9+,10-,11+,12+,14+,15+,16-/m0/s1. The van der Waals surface area contributed by atoms with Gasteiger partial charge in [0.25, 0.3) is 0 Å². The SMILES string of the molecule is C[C@H]1[C@@H](O)[C@@H]2OC(=O)[C@@H]3[C@@H](O[C@H]4O[C@H](CO)[C@@H](O)[C@H](O)[C@H]4O)OC[C@@]1(O)[C@H]23. The maximum absolute atomic E-state index is 12.3. The number of aliphatic hydroxyl groups excluding tert-OH is 5. The van der Waals surface area contributed by atoms with Crippen molar-refractivity contribution in [3.8, 4) is 0 Å². The van der Waals surface area contributed by atoms with Gasteiger partial charge in [0.05, 0.1) is 19.3 Å². The molecule has 3 aliphatic heterocycles. The Morgan fingerprint density at radius 3 is 2.48 bits per heavy atom. The lowest BCUT2D eigenvalue weighted by atomic mass is 9.76. The van der Waals surface area contributed by atoms with Crippen molar-refractivity contribution in [1.29, 1.82) is 0 Å². The van der Waals surface area contributed by atoms with E-state index < -0.39 is 85.1 Å². The minimum atomic E-state index is -1.66. The zero-order chi connectivity index (χ0) is 19.7. The average molecular weight is 392 g/mol. The van der Waals surface area contributed by atoms with Gasteiger partial charge in [-0.3, -0.25) is 4.79 Å². The molecular weight excluding hydrogens is 368 g/mol. The van der Waals surface area contributed by atoms with Gasteiger partial charge >= 0.3 is 5.97 Å². The highest BCUT2D eigenvalue weighted by Gasteiger charge is 2.71. The van der Waals surface area contributed by atoms with Crippen molar-refractivity contribution in [2.45, 2.75) is 61.7 Å². The van der Waals surface area contributed by atoms with Gasteiger partial charge in [0.15, 0.2) is 12.6 Å². The van der Waals surface area contributed by atoms with Crippen LogP contribution in [0, 0.1) is 17.8 Å². The van der Waals surface area contributed by atoms with Crippen molar-refractivity contribution >= 4 is 5.97 Å². The summed E-state index contributed by atoms with van der Waals surface area (Å²) in [6.07, 6.45) is -10.7. The zero-order valence-electron chi connectivity index (χ0n) is 14.5. The van der Waals surface area contributed by atoms with Crippen LogP contribution in [0.25, 0.3) is 0 Å². The number of esters is 1. The Kier molecular flexibility index (Phi) is 4.73. The van der Waals surface area contributed by atoms with E-state index in [1.807, 2.05) is 0 Å². The van der Waals surface area contributed by atoms with Gasteiger partial charge in [0, 0.05) is 11.8 Å². The Labute approximate surface area is 154 Å². The molecule has 4 rings (SSSR count). The first-order valence-electron chi connectivity index (χ1n) is 8.89. The summed E-state index contributed by atoms with van der Waals surface area (Å²) in [5.41, 5.74) is -1.48. The summed E-state index contributed by atoms with van der Waals surface area (Å²) >= 11 is 0. The number of ether oxygens (including phenoxy) is 4. The first-order chi connectivity index (χ1) is 12.7. The van der Waals surface area contributed by atoms with Gasteiger partial charge in [-0.25, -0.2) is 0 Å². The van der Waals surface area contributed by atoms with Crippen molar-refractivity contribution in [3.05, 3.63) is 0 Å². The van der Waals surface area contributed by atoms with E-state index in [1.165, 1.54) is 0 Å². The third-order valence-corrected chi connectivity index (χ3v) is 6.37. The molecule has 27 heavy (non-hydrogen) atoms. The molecule has 4 fully saturated rings. The Bertz CT molecular complexity index is 599. The minimum absolute atomic E-state index is 0.235. The van der Waals surface area contributed by atoms with E-state index >= 15 is 0 Å². The van der Waals surface area contributed by atoms with Gasteiger partial charge < -0.3 is 49.6 Å². The maximum Gasteiger partial charge on any atom is 0.315 e. The zero-order valence-corrected chi connectivity index (χ0v) is 14.5. The summed E-state index contributed by atoms with van der Waals surface area (Å²) in [6, 6.07) is 0. The topological polar surface area (TPSA) is 175 Å². The summed E-state index contributed by atoms with van der Waals surface area (Å²) in [7, 11) is 0. The second kappa shape index (κ2) is 6.58. The molecule has 11 nitrogen and oxygen atoms in total. The first kappa shape index (κ1) is 19.4. The number of hydrogen-bond donors (Lipinski definition) is 6. The molecule has 0 aromatic carbocycles. The molecule has 154 valence electrons. The summed E-state index contributed by atoms with van der Waals surface area (Å²) in [4.78, 5) is 12.3. The highest BCUT2D eigenvalue weighted by Crippen LogP contribution is 2.54. The predicted octanol–water partition coefficient (Wildman–Crippen LogP) is -3.94. The van der Waals surface area contributed by atoms with Crippen LogP contribution in [0.5, 0.6) is 0 Å². The van der Waals surface area contributed by atoms with Crippen molar-refractivity contribution in [2.75, 3.05) is 13.2 Å². The number of carbonyl (C=O) groups is 1. The Balaban J connectivity index is 1.55. The Morgan fingerprint density at radius 1 is 1.11 bits per heavy atom. The minimum Gasteiger partial charge on any atom is -0.459 e. The number of rotatable bonds is 3. The molecule has 3 heterocycles. The van der Waals surface area contributed by atoms with Gasteiger partial charge in [-0.05, 0) is 0 Å². The predicted molar refractivity (Wildman–Crippen MR) is 81.6 cm³/mol. The van der Waals surface area contributed by atoms with Crippen LogP contribution in [-0.4, -0.2) is 105 Å². The smallest absolute Gasteiger partial charge is 0.315 e. The summed E-state index contributed by atoms with van der Waals surface area (Å²) in [6.45, 7) is 0.771. The van der Waals surface area contributed by atoms with E-state index in [1.54, 1.807) is 6.92 Å². The first-order valence-corrected chi connectivity index (χ1v) is 8.89. The molecule has 6 N–H and O–H groups in total. The van der Waals surface area contributed by atoms with E-state index in [4.69, 9.17) is 18.9 Å².